The fourth-order valence-corrected chi connectivity index (χ4v) is 3.96. The summed E-state index contributed by atoms with van der Waals surface area (Å²) < 4.78 is 6.02. The van der Waals surface area contributed by atoms with E-state index in [4.69, 9.17) is 4.74 Å². The van der Waals surface area contributed by atoms with E-state index >= 15 is 0 Å². The van der Waals surface area contributed by atoms with Gasteiger partial charge < -0.3 is 15.4 Å². The van der Waals surface area contributed by atoms with Crippen LogP contribution in [-0.2, 0) is 4.79 Å². The zero-order valence-corrected chi connectivity index (χ0v) is 15.7. The largest absolute Gasteiger partial charge is 0.482 e. The van der Waals surface area contributed by atoms with Gasteiger partial charge in [0.1, 0.15) is 5.75 Å². The molecule has 0 spiro atoms. The first-order valence-corrected chi connectivity index (χ1v) is 9.45. The number of ketones is 1. The van der Waals surface area contributed by atoms with Crippen molar-refractivity contribution in [2.75, 3.05) is 23.0 Å². The van der Waals surface area contributed by atoms with Gasteiger partial charge in [0.25, 0.3) is 5.91 Å². The van der Waals surface area contributed by atoms with Gasteiger partial charge in [-0.2, -0.15) is 0 Å². The Hall–Kier alpha value is -2.13. The van der Waals surface area contributed by atoms with Gasteiger partial charge in [-0.3, -0.25) is 9.59 Å². The normalized spacial score (nSPS) is 13.6. The molecule has 1 aliphatic rings. The van der Waals surface area contributed by atoms with Crippen LogP contribution in [0.4, 0.5) is 10.8 Å². The van der Waals surface area contributed by atoms with Crippen molar-refractivity contribution < 1.29 is 14.3 Å². The summed E-state index contributed by atoms with van der Waals surface area (Å²) in [6.07, 6.45) is 0. The molecule has 0 atom stereocenters. The van der Waals surface area contributed by atoms with Gasteiger partial charge in [-0.25, -0.2) is 0 Å². The number of Topliss-reactive ketones (excluding diaryl/α,β-unsaturated/α-hetero) is 1. The minimum Gasteiger partial charge on any atom is -0.482 e. The third-order valence-electron chi connectivity index (χ3n) is 3.15. The number of nitrogens with zero attached hydrogens (tertiary/aromatic N) is 2. The van der Waals surface area contributed by atoms with Crippen molar-refractivity contribution in [2.45, 2.75) is 30.6 Å². The number of fused-ring (bicyclic) bond motifs is 1. The van der Waals surface area contributed by atoms with Crippen molar-refractivity contribution in [2.24, 2.45) is 0 Å². The van der Waals surface area contributed by atoms with Gasteiger partial charge in [0, 0.05) is 11.1 Å². The highest BCUT2D eigenvalue weighted by molar-refractivity contribution is 8.01. The highest BCUT2D eigenvalue weighted by Gasteiger charge is 2.19. The minimum absolute atomic E-state index is 0.00186. The molecule has 3 rings (SSSR count). The standard InChI is InChI=1S/C16H18N4O3S2/c1-16(2,3)18-14-19-20-15(25-14)24-8-11(21)9-4-5-12-10(6-9)17-13(22)7-23-12/h4-6H,7-8H2,1-3H3,(H,17,22)(H,18,19). The summed E-state index contributed by atoms with van der Waals surface area (Å²) in [6.45, 7) is 6.13. The zero-order chi connectivity index (χ0) is 18.0. The van der Waals surface area contributed by atoms with E-state index in [-0.39, 0.29) is 29.6 Å². The van der Waals surface area contributed by atoms with Gasteiger partial charge in [-0.05, 0) is 39.0 Å². The monoisotopic (exact) mass is 378 g/mol. The first-order chi connectivity index (χ1) is 11.8. The van der Waals surface area contributed by atoms with Crippen LogP contribution in [0.15, 0.2) is 22.5 Å². The third-order valence-corrected chi connectivity index (χ3v) is 5.12. The number of thioether (sulfide) groups is 1. The van der Waals surface area contributed by atoms with Crippen LogP contribution in [0.25, 0.3) is 0 Å². The SMILES string of the molecule is CC(C)(C)Nc1nnc(SCC(=O)c2ccc3c(c2)NC(=O)CO3)s1. The molecule has 0 bridgehead atoms. The lowest BCUT2D eigenvalue weighted by atomic mass is 10.1. The van der Waals surface area contributed by atoms with Crippen LogP contribution in [0.5, 0.6) is 5.75 Å². The molecule has 7 nitrogen and oxygen atoms in total. The number of nitrogens with one attached hydrogen (secondary N) is 2. The fraction of sp³-hybridized carbons (Fsp3) is 0.375. The van der Waals surface area contributed by atoms with Gasteiger partial charge in [0.15, 0.2) is 16.7 Å². The molecular weight excluding hydrogens is 360 g/mol. The molecule has 0 aliphatic carbocycles. The highest BCUT2D eigenvalue weighted by atomic mass is 32.2. The Morgan fingerprint density at radius 1 is 1.40 bits per heavy atom. The Morgan fingerprint density at radius 3 is 2.96 bits per heavy atom. The summed E-state index contributed by atoms with van der Waals surface area (Å²) in [5.74, 6) is 0.552. The van der Waals surface area contributed by atoms with Gasteiger partial charge in [-0.1, -0.05) is 23.1 Å². The third kappa shape index (κ3) is 4.70. The Kier molecular flexibility index (Phi) is 4.96. The zero-order valence-electron chi connectivity index (χ0n) is 14.1. The molecule has 2 N–H and O–H groups in total. The second-order valence-electron chi connectivity index (χ2n) is 6.51. The second kappa shape index (κ2) is 7.01. The number of hydrogen-bond acceptors (Lipinski definition) is 8. The Labute approximate surface area is 153 Å². The van der Waals surface area contributed by atoms with E-state index in [1.807, 2.05) is 20.8 Å². The topological polar surface area (TPSA) is 93.2 Å². The molecule has 2 heterocycles. The molecule has 132 valence electrons. The van der Waals surface area contributed by atoms with Crippen molar-refractivity contribution in [3.63, 3.8) is 0 Å². The molecule has 1 aliphatic heterocycles. The maximum absolute atomic E-state index is 12.4. The first kappa shape index (κ1) is 17.7. The number of ether oxygens (including phenoxy) is 1. The average Bonchev–Trinajstić information content (AvgIpc) is 2.97. The molecule has 2 aromatic rings. The predicted molar refractivity (Wildman–Crippen MR) is 98.9 cm³/mol. The summed E-state index contributed by atoms with van der Waals surface area (Å²) in [5, 5.41) is 14.9. The number of carbonyl (C=O) groups excluding carboxylic acids is 2. The Balaban J connectivity index is 1.61. The van der Waals surface area contributed by atoms with E-state index in [9.17, 15) is 9.59 Å². The van der Waals surface area contributed by atoms with Crippen LogP contribution in [0.2, 0.25) is 0 Å². The van der Waals surface area contributed by atoms with Gasteiger partial charge >= 0.3 is 0 Å². The molecule has 0 radical (unpaired) electrons. The molecule has 0 unspecified atom stereocenters. The predicted octanol–water partition coefficient (Wildman–Crippen LogP) is 3.05. The first-order valence-electron chi connectivity index (χ1n) is 7.64. The lowest BCUT2D eigenvalue weighted by Gasteiger charge is -2.18. The lowest BCUT2D eigenvalue weighted by Crippen LogP contribution is -2.25. The van der Waals surface area contributed by atoms with Gasteiger partial charge in [-0.15, -0.1) is 10.2 Å². The number of rotatable bonds is 5. The van der Waals surface area contributed by atoms with Crippen LogP contribution < -0.4 is 15.4 Å². The molecule has 1 amide bonds. The Bertz CT molecular complexity index is 814. The lowest BCUT2D eigenvalue weighted by molar-refractivity contribution is -0.118. The van der Waals surface area contributed by atoms with Crippen LogP contribution in [-0.4, -0.2) is 39.8 Å². The van der Waals surface area contributed by atoms with E-state index in [1.54, 1.807) is 18.2 Å². The number of anilines is 2. The maximum Gasteiger partial charge on any atom is 0.262 e. The van der Waals surface area contributed by atoms with Gasteiger partial charge in [0.2, 0.25) is 5.13 Å². The van der Waals surface area contributed by atoms with E-state index < -0.39 is 0 Å². The van der Waals surface area contributed by atoms with Crippen LogP contribution in [0.1, 0.15) is 31.1 Å². The average molecular weight is 378 g/mol. The smallest absolute Gasteiger partial charge is 0.262 e. The summed E-state index contributed by atoms with van der Waals surface area (Å²) in [5.41, 5.74) is 0.960. The van der Waals surface area contributed by atoms with E-state index in [0.29, 0.717) is 17.0 Å². The molecule has 1 aromatic carbocycles. The molecule has 25 heavy (non-hydrogen) atoms. The molecule has 0 saturated carbocycles. The maximum atomic E-state index is 12.4. The summed E-state index contributed by atoms with van der Waals surface area (Å²) in [4.78, 5) is 23.8. The van der Waals surface area contributed by atoms with E-state index in [0.717, 1.165) is 9.47 Å². The highest BCUT2D eigenvalue weighted by Crippen LogP contribution is 2.30. The van der Waals surface area contributed by atoms with Crippen LogP contribution >= 0.6 is 23.1 Å². The molecular formula is C16H18N4O3S2. The van der Waals surface area contributed by atoms with E-state index in [1.165, 1.54) is 23.1 Å². The summed E-state index contributed by atoms with van der Waals surface area (Å²) >= 11 is 2.77. The minimum atomic E-state index is -0.223. The number of carbonyl (C=O) groups is 2. The fourth-order valence-electron chi connectivity index (χ4n) is 2.11. The van der Waals surface area contributed by atoms with Gasteiger partial charge in [0.05, 0.1) is 11.4 Å². The quantitative estimate of drug-likeness (QED) is 0.610. The van der Waals surface area contributed by atoms with E-state index in [2.05, 4.69) is 20.8 Å². The molecule has 9 heteroatoms. The number of hydrogen-bond donors (Lipinski definition) is 2. The van der Waals surface area contributed by atoms with Crippen molar-refractivity contribution in [1.82, 2.24) is 10.2 Å². The summed E-state index contributed by atoms with van der Waals surface area (Å²) in [7, 11) is 0. The van der Waals surface area contributed by atoms with Crippen molar-refractivity contribution in [3.8, 4) is 5.75 Å². The molecule has 1 aromatic heterocycles. The van der Waals surface area contributed by atoms with Crippen LogP contribution in [0, 0.1) is 0 Å². The number of benzene rings is 1. The molecule has 0 fully saturated rings. The second-order valence-corrected chi connectivity index (χ2v) is 8.71. The van der Waals surface area contributed by atoms with Crippen molar-refractivity contribution in [3.05, 3.63) is 23.8 Å². The number of amides is 1. The van der Waals surface area contributed by atoms with Crippen LogP contribution in [0.3, 0.4) is 0 Å². The summed E-state index contributed by atoms with van der Waals surface area (Å²) in [6, 6.07) is 5.04. The molecule has 0 saturated heterocycles. The van der Waals surface area contributed by atoms with Crippen molar-refractivity contribution in [1.29, 1.82) is 0 Å². The Morgan fingerprint density at radius 2 is 2.20 bits per heavy atom. The van der Waals surface area contributed by atoms with Crippen molar-refractivity contribution >= 4 is 45.6 Å². The number of aromatic nitrogens is 2.